The number of carboxylic acids is 1. The molecule has 0 radical (unpaired) electrons. The number of nitrogens with zero attached hydrogens (tertiary/aromatic N) is 3. The minimum absolute atomic E-state index is 0.0850. The maximum atomic E-state index is 15.2. The molecule has 8 nitrogen and oxygen atoms in total. The van der Waals surface area contributed by atoms with Gasteiger partial charge in [-0.05, 0) is 65.0 Å². The number of hydrogen-bond acceptors (Lipinski definition) is 5. The molecule has 1 aromatic heterocycles. The summed E-state index contributed by atoms with van der Waals surface area (Å²) in [6, 6.07) is 2.85. The number of carbonyl (C=O) groups is 2. The highest BCUT2D eigenvalue weighted by Gasteiger charge is 2.34. The van der Waals surface area contributed by atoms with Crippen LogP contribution >= 0.6 is 0 Å². The van der Waals surface area contributed by atoms with E-state index in [9.17, 15) is 19.5 Å². The first kappa shape index (κ1) is 24.0. The average Bonchev–Trinajstić information content (AvgIpc) is 3.47. The number of hydrogen-bond donors (Lipinski definition) is 1. The second-order valence-electron chi connectivity index (χ2n) is 10.5. The Morgan fingerprint density at radius 3 is 2.50 bits per heavy atom. The number of carbonyl (C=O) groups excluding carboxylic acids is 1. The normalized spacial score (nSPS) is 19.4. The molecule has 2 aromatic rings. The lowest BCUT2D eigenvalue weighted by Crippen LogP contribution is -2.43. The molecule has 1 saturated carbocycles. The number of halogens is 1. The number of aromatic carboxylic acids is 1. The third kappa shape index (κ3) is 4.60. The van der Waals surface area contributed by atoms with E-state index in [0.29, 0.717) is 24.3 Å². The van der Waals surface area contributed by atoms with E-state index in [4.69, 9.17) is 4.74 Å². The van der Waals surface area contributed by atoms with Gasteiger partial charge in [0.15, 0.2) is 0 Å². The summed E-state index contributed by atoms with van der Waals surface area (Å²) in [6.07, 6.45) is 3.56. The SMILES string of the molecule is C[C@@H]([C@@H]1CCN(c2cc3c(cc2F)c(=O)c(C(=O)O)cn3C2CC2)C1)N(C)C(=O)OC(C)(C)C. The Labute approximate surface area is 197 Å². The van der Waals surface area contributed by atoms with E-state index in [1.54, 1.807) is 22.6 Å². The minimum Gasteiger partial charge on any atom is -0.477 e. The van der Waals surface area contributed by atoms with Crippen molar-refractivity contribution in [3.63, 3.8) is 0 Å². The van der Waals surface area contributed by atoms with Gasteiger partial charge in [-0.1, -0.05) is 0 Å². The van der Waals surface area contributed by atoms with Crippen molar-refractivity contribution < 1.29 is 23.8 Å². The zero-order valence-corrected chi connectivity index (χ0v) is 20.3. The summed E-state index contributed by atoms with van der Waals surface area (Å²) in [6.45, 7) is 8.60. The van der Waals surface area contributed by atoms with Crippen LogP contribution in [-0.2, 0) is 4.74 Å². The monoisotopic (exact) mass is 473 g/mol. The average molecular weight is 474 g/mol. The Morgan fingerprint density at radius 2 is 1.91 bits per heavy atom. The lowest BCUT2D eigenvalue weighted by molar-refractivity contribution is 0.0192. The topological polar surface area (TPSA) is 92.1 Å². The molecule has 4 rings (SSSR count). The van der Waals surface area contributed by atoms with Gasteiger partial charge in [-0.15, -0.1) is 0 Å². The number of rotatable bonds is 5. The summed E-state index contributed by atoms with van der Waals surface area (Å²) < 4.78 is 22.5. The van der Waals surface area contributed by atoms with Gasteiger partial charge in [0, 0.05) is 43.8 Å². The van der Waals surface area contributed by atoms with Gasteiger partial charge in [0.2, 0.25) is 5.43 Å². The Hall–Kier alpha value is -3.10. The molecule has 1 N–H and O–H groups in total. The molecule has 1 aromatic carbocycles. The van der Waals surface area contributed by atoms with Crippen LogP contribution in [-0.4, -0.2) is 58.4 Å². The second kappa shape index (κ2) is 8.60. The lowest BCUT2D eigenvalue weighted by Gasteiger charge is -2.32. The van der Waals surface area contributed by atoms with Crippen LogP contribution in [0.3, 0.4) is 0 Å². The molecule has 184 valence electrons. The van der Waals surface area contributed by atoms with Crippen LogP contribution in [0.1, 0.15) is 63.4 Å². The summed E-state index contributed by atoms with van der Waals surface area (Å²) in [7, 11) is 1.71. The maximum absolute atomic E-state index is 15.2. The van der Waals surface area contributed by atoms with Gasteiger partial charge in [-0.3, -0.25) is 4.79 Å². The van der Waals surface area contributed by atoms with Crippen molar-refractivity contribution in [2.24, 2.45) is 5.92 Å². The van der Waals surface area contributed by atoms with Crippen LogP contribution < -0.4 is 10.3 Å². The van der Waals surface area contributed by atoms with Crippen LogP contribution in [0, 0.1) is 11.7 Å². The van der Waals surface area contributed by atoms with Crippen molar-refractivity contribution >= 4 is 28.7 Å². The van der Waals surface area contributed by atoms with Crippen LogP contribution in [0.4, 0.5) is 14.9 Å². The first-order valence-electron chi connectivity index (χ1n) is 11.7. The first-order chi connectivity index (χ1) is 15.9. The van der Waals surface area contributed by atoms with E-state index in [-0.39, 0.29) is 29.0 Å². The number of benzene rings is 1. The fraction of sp³-hybridized carbons (Fsp3) is 0.560. The molecule has 0 bridgehead atoms. The molecular formula is C25H32FN3O5. The molecule has 2 aliphatic rings. The van der Waals surface area contributed by atoms with Crippen molar-refractivity contribution in [3.05, 3.63) is 39.9 Å². The van der Waals surface area contributed by atoms with Crippen LogP contribution in [0.15, 0.2) is 23.1 Å². The van der Waals surface area contributed by atoms with E-state index in [1.807, 2.05) is 32.6 Å². The third-order valence-electron chi connectivity index (χ3n) is 6.81. The summed E-state index contributed by atoms with van der Waals surface area (Å²) >= 11 is 0. The summed E-state index contributed by atoms with van der Waals surface area (Å²) in [5.41, 5.74) is -0.655. The minimum atomic E-state index is -1.31. The predicted octanol–water partition coefficient (Wildman–Crippen LogP) is 4.26. The second-order valence-corrected chi connectivity index (χ2v) is 10.5. The van der Waals surface area contributed by atoms with Gasteiger partial charge in [-0.2, -0.15) is 0 Å². The molecule has 1 aliphatic heterocycles. The number of pyridine rings is 1. The van der Waals surface area contributed by atoms with Crippen molar-refractivity contribution in [1.82, 2.24) is 9.47 Å². The van der Waals surface area contributed by atoms with E-state index in [1.165, 1.54) is 12.3 Å². The molecule has 1 saturated heterocycles. The molecule has 2 fully saturated rings. The van der Waals surface area contributed by atoms with E-state index in [2.05, 4.69) is 0 Å². The number of anilines is 1. The fourth-order valence-electron chi connectivity index (χ4n) is 4.62. The van der Waals surface area contributed by atoms with Crippen molar-refractivity contribution in [2.75, 3.05) is 25.0 Å². The van der Waals surface area contributed by atoms with Gasteiger partial charge < -0.3 is 24.2 Å². The van der Waals surface area contributed by atoms with E-state index >= 15 is 4.39 Å². The summed E-state index contributed by atoms with van der Waals surface area (Å²) in [4.78, 5) is 40.3. The van der Waals surface area contributed by atoms with Crippen molar-refractivity contribution in [3.8, 4) is 0 Å². The Bertz CT molecular complexity index is 1200. The number of fused-ring (bicyclic) bond motifs is 1. The Kier molecular flexibility index (Phi) is 6.08. The number of carboxylic acid groups (broad SMARTS) is 1. The molecular weight excluding hydrogens is 441 g/mol. The quantitative estimate of drug-likeness (QED) is 0.698. The van der Waals surface area contributed by atoms with Crippen LogP contribution in [0.2, 0.25) is 0 Å². The number of ether oxygens (including phenoxy) is 1. The van der Waals surface area contributed by atoms with Gasteiger partial charge in [0.05, 0.1) is 11.2 Å². The van der Waals surface area contributed by atoms with E-state index in [0.717, 1.165) is 19.3 Å². The highest BCUT2D eigenvalue weighted by atomic mass is 19.1. The highest BCUT2D eigenvalue weighted by Crippen LogP contribution is 2.39. The molecule has 9 heteroatoms. The number of aromatic nitrogens is 1. The van der Waals surface area contributed by atoms with E-state index < -0.39 is 28.9 Å². The molecule has 1 amide bonds. The highest BCUT2D eigenvalue weighted by molar-refractivity contribution is 5.93. The third-order valence-corrected chi connectivity index (χ3v) is 6.81. The molecule has 34 heavy (non-hydrogen) atoms. The first-order valence-corrected chi connectivity index (χ1v) is 11.7. The molecule has 2 atom stereocenters. The van der Waals surface area contributed by atoms with Crippen molar-refractivity contribution in [2.45, 2.75) is 64.6 Å². The zero-order chi connectivity index (χ0) is 24.9. The van der Waals surface area contributed by atoms with Gasteiger partial charge in [-0.25, -0.2) is 14.0 Å². The van der Waals surface area contributed by atoms with Gasteiger partial charge >= 0.3 is 12.1 Å². The van der Waals surface area contributed by atoms with Crippen LogP contribution in [0.5, 0.6) is 0 Å². The smallest absolute Gasteiger partial charge is 0.410 e. The molecule has 1 aliphatic carbocycles. The molecule has 2 heterocycles. The lowest BCUT2D eigenvalue weighted by atomic mass is 10.00. The summed E-state index contributed by atoms with van der Waals surface area (Å²) in [5, 5.41) is 9.51. The van der Waals surface area contributed by atoms with Crippen LogP contribution in [0.25, 0.3) is 10.9 Å². The Balaban J connectivity index is 1.61. The van der Waals surface area contributed by atoms with Gasteiger partial charge in [0.1, 0.15) is 17.0 Å². The van der Waals surface area contributed by atoms with Gasteiger partial charge in [0.25, 0.3) is 0 Å². The largest absolute Gasteiger partial charge is 0.477 e. The standard InChI is InChI=1S/C25H32FN3O5/c1-14(27(5)24(33)34-25(2,3)4)15-8-9-28(12-15)21-11-20-17(10-19(21)26)22(30)18(23(31)32)13-29(20)16-6-7-16/h10-11,13-16H,6-9,12H2,1-5H3,(H,31,32)/t14-,15+/m0/s1. The summed E-state index contributed by atoms with van der Waals surface area (Å²) in [5.74, 6) is -1.74. The predicted molar refractivity (Wildman–Crippen MR) is 127 cm³/mol. The number of amides is 1. The molecule has 0 spiro atoms. The fourth-order valence-corrected chi connectivity index (χ4v) is 4.62. The molecule has 0 unspecified atom stereocenters. The van der Waals surface area contributed by atoms with Crippen molar-refractivity contribution in [1.29, 1.82) is 0 Å². The Morgan fingerprint density at radius 1 is 1.24 bits per heavy atom. The zero-order valence-electron chi connectivity index (χ0n) is 20.3. The maximum Gasteiger partial charge on any atom is 0.410 e.